The van der Waals surface area contributed by atoms with Crippen LogP contribution in [0.15, 0.2) is 48.5 Å². The van der Waals surface area contributed by atoms with Crippen molar-refractivity contribution in [2.75, 3.05) is 28.5 Å². The van der Waals surface area contributed by atoms with Crippen LogP contribution < -0.4 is 14.4 Å². The maximum absolute atomic E-state index is 12.5. The first-order valence-corrected chi connectivity index (χ1v) is 10.3. The summed E-state index contributed by atoms with van der Waals surface area (Å²) < 4.78 is 31.0. The molecule has 2 aromatic carbocycles. The fraction of sp³-hybridized carbons (Fsp3) is 0.316. The van der Waals surface area contributed by atoms with Gasteiger partial charge in [-0.15, -0.1) is 0 Å². The minimum atomic E-state index is -3.22. The molecule has 1 heterocycles. The molecule has 1 amide bonds. The van der Waals surface area contributed by atoms with Gasteiger partial charge in [0.2, 0.25) is 10.0 Å². The summed E-state index contributed by atoms with van der Waals surface area (Å²) in [5.41, 5.74) is 1.65. The highest BCUT2D eigenvalue weighted by molar-refractivity contribution is 7.93. The first-order valence-electron chi connectivity index (χ1n) is 8.65. The maximum Gasteiger partial charge on any atom is 0.255 e. The summed E-state index contributed by atoms with van der Waals surface area (Å²) in [5, 5.41) is 2.85. The molecule has 26 heavy (non-hydrogen) atoms. The van der Waals surface area contributed by atoms with Gasteiger partial charge in [0.05, 0.1) is 23.7 Å². The van der Waals surface area contributed by atoms with Crippen molar-refractivity contribution in [3.8, 4) is 5.75 Å². The monoisotopic (exact) mass is 374 g/mol. The molecule has 1 aliphatic heterocycles. The molecule has 6 nitrogen and oxygen atoms in total. The third-order valence-electron chi connectivity index (χ3n) is 4.11. The van der Waals surface area contributed by atoms with Crippen LogP contribution in [0.2, 0.25) is 0 Å². The van der Waals surface area contributed by atoms with E-state index in [4.69, 9.17) is 4.74 Å². The summed E-state index contributed by atoms with van der Waals surface area (Å²) in [6.07, 6.45) is 1.50. The lowest BCUT2D eigenvalue weighted by Gasteiger charge is -2.17. The fourth-order valence-electron chi connectivity index (χ4n) is 2.81. The Morgan fingerprint density at radius 1 is 1.15 bits per heavy atom. The number of carbonyl (C=O) groups is 1. The molecule has 7 heteroatoms. The molecule has 0 aromatic heterocycles. The van der Waals surface area contributed by atoms with Crippen LogP contribution in [0, 0.1) is 0 Å². The quantitative estimate of drug-likeness (QED) is 0.842. The van der Waals surface area contributed by atoms with Crippen molar-refractivity contribution in [2.45, 2.75) is 19.8 Å². The van der Waals surface area contributed by atoms with Gasteiger partial charge in [0.1, 0.15) is 5.75 Å². The Hall–Kier alpha value is -2.54. The third kappa shape index (κ3) is 3.99. The molecular formula is C19H22N2O4S. The minimum Gasteiger partial charge on any atom is -0.491 e. The number of nitrogens with one attached hydrogen (secondary N) is 1. The number of benzene rings is 2. The van der Waals surface area contributed by atoms with Crippen molar-refractivity contribution in [1.29, 1.82) is 0 Å². The third-order valence-corrected chi connectivity index (χ3v) is 5.98. The van der Waals surface area contributed by atoms with Crippen molar-refractivity contribution >= 4 is 27.3 Å². The van der Waals surface area contributed by atoms with Gasteiger partial charge in [-0.3, -0.25) is 9.10 Å². The van der Waals surface area contributed by atoms with E-state index in [1.165, 1.54) is 4.31 Å². The zero-order valence-corrected chi connectivity index (χ0v) is 15.5. The van der Waals surface area contributed by atoms with Crippen LogP contribution in [0.4, 0.5) is 11.4 Å². The average molecular weight is 374 g/mol. The van der Waals surface area contributed by atoms with E-state index < -0.39 is 10.0 Å². The van der Waals surface area contributed by atoms with Crippen molar-refractivity contribution in [3.05, 3.63) is 54.1 Å². The largest absolute Gasteiger partial charge is 0.491 e. The Bertz CT molecular complexity index is 879. The molecule has 0 atom stereocenters. The minimum absolute atomic E-state index is 0.170. The van der Waals surface area contributed by atoms with Gasteiger partial charge >= 0.3 is 0 Å². The van der Waals surface area contributed by atoms with Gasteiger partial charge < -0.3 is 10.1 Å². The number of amides is 1. The highest BCUT2D eigenvalue weighted by Gasteiger charge is 2.28. The Morgan fingerprint density at radius 2 is 1.88 bits per heavy atom. The van der Waals surface area contributed by atoms with E-state index in [1.807, 2.05) is 25.1 Å². The molecule has 1 saturated heterocycles. The van der Waals surface area contributed by atoms with Crippen LogP contribution in [0.5, 0.6) is 5.75 Å². The van der Waals surface area contributed by atoms with Crippen LogP contribution in [0.25, 0.3) is 0 Å². The van der Waals surface area contributed by atoms with Gasteiger partial charge in [-0.25, -0.2) is 8.42 Å². The van der Waals surface area contributed by atoms with Crippen LogP contribution in [0.3, 0.4) is 0 Å². The highest BCUT2D eigenvalue weighted by Crippen LogP contribution is 2.26. The topological polar surface area (TPSA) is 75.7 Å². The first kappa shape index (κ1) is 18.3. The molecule has 0 aliphatic carbocycles. The van der Waals surface area contributed by atoms with Crippen LogP contribution in [-0.4, -0.2) is 33.2 Å². The second-order valence-electron chi connectivity index (χ2n) is 6.09. The summed E-state index contributed by atoms with van der Waals surface area (Å²) in [5.74, 6) is 0.528. The normalized spacial score (nSPS) is 15.7. The molecule has 0 radical (unpaired) electrons. The van der Waals surface area contributed by atoms with Crippen LogP contribution in [0.1, 0.15) is 30.1 Å². The number of carbonyl (C=O) groups excluding carboxylic acids is 1. The van der Waals surface area contributed by atoms with Gasteiger partial charge in [-0.05, 0) is 49.2 Å². The second-order valence-corrected chi connectivity index (χ2v) is 8.10. The average Bonchev–Trinajstić information content (AvgIpc) is 3.00. The van der Waals surface area contributed by atoms with E-state index >= 15 is 0 Å². The molecule has 0 saturated carbocycles. The molecule has 0 unspecified atom stereocenters. The molecule has 3 rings (SSSR count). The molecule has 138 valence electrons. The lowest BCUT2D eigenvalue weighted by atomic mass is 10.2. The predicted molar refractivity (Wildman–Crippen MR) is 102 cm³/mol. The summed E-state index contributed by atoms with van der Waals surface area (Å²) in [4.78, 5) is 12.5. The van der Waals surface area contributed by atoms with Gasteiger partial charge in [0, 0.05) is 12.1 Å². The highest BCUT2D eigenvalue weighted by atomic mass is 32.2. The molecular weight excluding hydrogens is 352 g/mol. The fourth-order valence-corrected chi connectivity index (χ4v) is 4.38. The van der Waals surface area contributed by atoms with Gasteiger partial charge in [-0.1, -0.05) is 19.1 Å². The van der Waals surface area contributed by atoms with Crippen LogP contribution in [-0.2, 0) is 10.0 Å². The number of para-hydroxylation sites is 2. The summed E-state index contributed by atoms with van der Waals surface area (Å²) in [6, 6.07) is 13.9. The molecule has 0 bridgehead atoms. The van der Waals surface area contributed by atoms with Gasteiger partial charge in [0.25, 0.3) is 5.91 Å². The maximum atomic E-state index is 12.5. The molecule has 1 aliphatic rings. The van der Waals surface area contributed by atoms with E-state index in [1.54, 1.807) is 30.3 Å². The number of rotatable bonds is 6. The predicted octanol–water partition coefficient (Wildman–Crippen LogP) is 3.27. The Labute approximate surface area is 153 Å². The van der Waals surface area contributed by atoms with E-state index in [0.717, 1.165) is 6.42 Å². The lowest BCUT2D eigenvalue weighted by Crippen LogP contribution is -2.25. The van der Waals surface area contributed by atoms with Crippen molar-refractivity contribution < 1.29 is 17.9 Å². The zero-order valence-electron chi connectivity index (χ0n) is 14.6. The molecule has 1 N–H and O–H groups in total. The summed E-state index contributed by atoms with van der Waals surface area (Å²) in [6.45, 7) is 3.07. The van der Waals surface area contributed by atoms with E-state index in [2.05, 4.69) is 5.32 Å². The lowest BCUT2D eigenvalue weighted by molar-refractivity contribution is 0.102. The Morgan fingerprint density at radius 3 is 2.54 bits per heavy atom. The Balaban J connectivity index is 1.73. The molecule has 0 spiro atoms. The summed E-state index contributed by atoms with van der Waals surface area (Å²) in [7, 11) is -3.22. The van der Waals surface area contributed by atoms with Crippen LogP contribution >= 0.6 is 0 Å². The zero-order chi connectivity index (χ0) is 18.6. The van der Waals surface area contributed by atoms with Crippen molar-refractivity contribution in [1.82, 2.24) is 0 Å². The SMILES string of the molecule is CCCOc1ccccc1NC(=O)c1ccc(N2CCCS2(=O)=O)cc1. The summed E-state index contributed by atoms with van der Waals surface area (Å²) >= 11 is 0. The van der Waals surface area contributed by atoms with Crippen molar-refractivity contribution in [2.24, 2.45) is 0 Å². The number of hydrogen-bond acceptors (Lipinski definition) is 4. The standard InChI is InChI=1S/C19H22N2O4S/c1-2-13-25-18-7-4-3-6-17(18)20-19(22)15-8-10-16(11-9-15)21-12-5-14-26(21,23)24/h3-4,6-11H,2,5,12-14H2,1H3,(H,20,22). The van der Waals surface area contributed by atoms with Gasteiger partial charge in [0.15, 0.2) is 0 Å². The number of nitrogens with zero attached hydrogens (tertiary/aromatic N) is 1. The number of sulfonamides is 1. The number of anilines is 2. The number of hydrogen-bond donors (Lipinski definition) is 1. The van der Waals surface area contributed by atoms with Gasteiger partial charge in [-0.2, -0.15) is 0 Å². The van der Waals surface area contributed by atoms with Crippen molar-refractivity contribution in [3.63, 3.8) is 0 Å². The first-order chi connectivity index (χ1) is 12.5. The second kappa shape index (κ2) is 7.78. The Kier molecular flexibility index (Phi) is 5.46. The molecule has 1 fully saturated rings. The smallest absolute Gasteiger partial charge is 0.255 e. The van der Waals surface area contributed by atoms with E-state index in [-0.39, 0.29) is 11.7 Å². The van der Waals surface area contributed by atoms with E-state index in [9.17, 15) is 13.2 Å². The molecule has 2 aromatic rings. The number of ether oxygens (including phenoxy) is 1. The van der Waals surface area contributed by atoms with E-state index in [0.29, 0.717) is 42.3 Å².